The molecule has 4 aromatic rings. The van der Waals surface area contributed by atoms with Crippen LogP contribution in [0.5, 0.6) is 0 Å². The topological polar surface area (TPSA) is 62.2 Å². The molecule has 0 amide bonds. The van der Waals surface area contributed by atoms with Crippen molar-refractivity contribution in [1.82, 2.24) is 4.98 Å². The molecule has 0 aliphatic heterocycles. The Kier molecular flexibility index (Phi) is 4.37. The minimum Gasteiger partial charge on any atom is -0.481 e. The number of fused-ring (bicyclic) bond motifs is 1. The van der Waals surface area contributed by atoms with E-state index in [-0.39, 0.29) is 6.42 Å². The molecule has 26 heavy (non-hydrogen) atoms. The van der Waals surface area contributed by atoms with Crippen LogP contribution in [0.2, 0.25) is 0 Å². The molecule has 3 aromatic carbocycles. The molecule has 4 nitrogen and oxygen atoms in total. The third kappa shape index (κ3) is 3.43. The molecule has 0 unspecified atom stereocenters. The van der Waals surface area contributed by atoms with Gasteiger partial charge in [0.2, 0.25) is 0 Å². The molecule has 5 heteroatoms. The van der Waals surface area contributed by atoms with Crippen molar-refractivity contribution in [3.05, 3.63) is 77.7 Å². The van der Waals surface area contributed by atoms with E-state index >= 15 is 0 Å². The third-order valence-electron chi connectivity index (χ3n) is 4.14. The number of carboxylic acids is 1. The van der Waals surface area contributed by atoms with E-state index in [1.165, 1.54) is 5.39 Å². The highest BCUT2D eigenvalue weighted by Gasteiger charge is 2.07. The first-order valence-corrected chi connectivity index (χ1v) is 9.08. The van der Waals surface area contributed by atoms with Crippen LogP contribution in [0, 0.1) is 0 Å². The van der Waals surface area contributed by atoms with E-state index in [1.807, 2.05) is 53.9 Å². The Morgan fingerprint density at radius 1 is 1.00 bits per heavy atom. The maximum atomic E-state index is 10.8. The molecule has 0 atom stereocenters. The average Bonchev–Trinajstić information content (AvgIpc) is 3.11. The number of aromatic nitrogens is 1. The molecule has 0 bridgehead atoms. The van der Waals surface area contributed by atoms with Gasteiger partial charge in [0.25, 0.3) is 0 Å². The third-order valence-corrected chi connectivity index (χ3v) is 4.90. The van der Waals surface area contributed by atoms with Crippen LogP contribution in [0.4, 0.5) is 10.8 Å². The summed E-state index contributed by atoms with van der Waals surface area (Å²) in [5, 5.41) is 17.4. The van der Waals surface area contributed by atoms with Gasteiger partial charge in [0.05, 0.1) is 12.1 Å². The zero-order valence-electron chi connectivity index (χ0n) is 13.8. The SMILES string of the molecule is O=C(O)Cc1ccc(-c2csc(Nc3cccc4ccccc34)n2)cc1. The van der Waals surface area contributed by atoms with Crippen LogP contribution in [-0.2, 0) is 11.2 Å². The van der Waals surface area contributed by atoms with Gasteiger partial charge in [-0.25, -0.2) is 4.98 Å². The molecular weight excluding hydrogens is 344 g/mol. The van der Waals surface area contributed by atoms with Crippen LogP contribution < -0.4 is 5.32 Å². The van der Waals surface area contributed by atoms with Crippen molar-refractivity contribution in [2.75, 3.05) is 5.32 Å². The second-order valence-electron chi connectivity index (χ2n) is 5.96. The van der Waals surface area contributed by atoms with Gasteiger partial charge in [0.15, 0.2) is 5.13 Å². The molecule has 0 spiro atoms. The molecule has 128 valence electrons. The normalized spacial score (nSPS) is 10.8. The number of anilines is 2. The van der Waals surface area contributed by atoms with Gasteiger partial charge in [-0.1, -0.05) is 60.7 Å². The van der Waals surface area contributed by atoms with Gasteiger partial charge in [-0.15, -0.1) is 11.3 Å². The smallest absolute Gasteiger partial charge is 0.307 e. The van der Waals surface area contributed by atoms with Crippen molar-refractivity contribution in [1.29, 1.82) is 0 Å². The van der Waals surface area contributed by atoms with Crippen molar-refractivity contribution >= 4 is 38.9 Å². The van der Waals surface area contributed by atoms with Crippen LogP contribution in [-0.4, -0.2) is 16.1 Å². The Bertz CT molecular complexity index is 1070. The standard InChI is InChI=1S/C21H16N2O2S/c24-20(25)12-14-8-10-16(11-9-14)19-13-26-21(23-19)22-18-7-3-5-15-4-1-2-6-17(15)18/h1-11,13H,12H2,(H,22,23)(H,24,25). The highest BCUT2D eigenvalue weighted by Crippen LogP contribution is 2.30. The van der Waals surface area contributed by atoms with E-state index in [0.717, 1.165) is 33.0 Å². The predicted octanol–water partition coefficient (Wildman–Crippen LogP) is 5.33. The van der Waals surface area contributed by atoms with Gasteiger partial charge in [0, 0.05) is 22.0 Å². The molecule has 0 saturated carbocycles. The second kappa shape index (κ2) is 6.98. The number of benzene rings is 3. The summed E-state index contributed by atoms with van der Waals surface area (Å²) in [5.74, 6) is -0.826. The average molecular weight is 360 g/mol. The number of hydrogen-bond acceptors (Lipinski definition) is 4. The summed E-state index contributed by atoms with van der Waals surface area (Å²) in [4.78, 5) is 15.4. The number of nitrogens with zero attached hydrogens (tertiary/aromatic N) is 1. The van der Waals surface area contributed by atoms with Crippen molar-refractivity contribution in [3.63, 3.8) is 0 Å². The van der Waals surface area contributed by atoms with Gasteiger partial charge in [-0.3, -0.25) is 4.79 Å². The predicted molar refractivity (Wildman–Crippen MR) is 106 cm³/mol. The van der Waals surface area contributed by atoms with E-state index in [1.54, 1.807) is 11.3 Å². The fourth-order valence-corrected chi connectivity index (χ4v) is 3.61. The van der Waals surface area contributed by atoms with Crippen molar-refractivity contribution in [3.8, 4) is 11.3 Å². The van der Waals surface area contributed by atoms with E-state index in [2.05, 4.69) is 28.5 Å². The number of hydrogen-bond donors (Lipinski definition) is 2. The number of thiazole rings is 1. The molecule has 4 rings (SSSR count). The van der Waals surface area contributed by atoms with Crippen molar-refractivity contribution in [2.24, 2.45) is 0 Å². The number of nitrogens with one attached hydrogen (secondary N) is 1. The number of carbonyl (C=O) groups is 1. The molecule has 1 heterocycles. The Labute approximate surface area is 154 Å². The maximum Gasteiger partial charge on any atom is 0.307 e. The van der Waals surface area contributed by atoms with Crippen molar-refractivity contribution in [2.45, 2.75) is 6.42 Å². The Balaban J connectivity index is 1.57. The monoisotopic (exact) mass is 360 g/mol. The van der Waals surface area contributed by atoms with E-state index in [0.29, 0.717) is 0 Å². The summed E-state index contributed by atoms with van der Waals surface area (Å²) >= 11 is 1.55. The Morgan fingerprint density at radius 2 is 1.77 bits per heavy atom. The first-order valence-electron chi connectivity index (χ1n) is 8.20. The van der Waals surface area contributed by atoms with Crippen LogP contribution in [0.15, 0.2) is 72.1 Å². The summed E-state index contributed by atoms with van der Waals surface area (Å²) in [6, 6.07) is 21.9. The molecule has 0 fully saturated rings. The number of carboxylic acid groups (broad SMARTS) is 1. The summed E-state index contributed by atoms with van der Waals surface area (Å²) in [5.41, 5.74) is 3.66. The van der Waals surface area contributed by atoms with Crippen LogP contribution in [0.3, 0.4) is 0 Å². The van der Waals surface area contributed by atoms with Gasteiger partial charge >= 0.3 is 5.97 Å². The maximum absolute atomic E-state index is 10.8. The molecule has 0 saturated heterocycles. The highest BCUT2D eigenvalue weighted by atomic mass is 32.1. The number of aliphatic carboxylic acids is 1. The fraction of sp³-hybridized carbons (Fsp3) is 0.0476. The van der Waals surface area contributed by atoms with Gasteiger partial charge in [0.1, 0.15) is 0 Å². The zero-order chi connectivity index (χ0) is 17.9. The van der Waals surface area contributed by atoms with E-state index in [9.17, 15) is 4.79 Å². The molecule has 2 N–H and O–H groups in total. The minimum atomic E-state index is -0.826. The van der Waals surface area contributed by atoms with Gasteiger partial charge in [-0.2, -0.15) is 0 Å². The molecule has 0 radical (unpaired) electrons. The lowest BCUT2D eigenvalue weighted by molar-refractivity contribution is -0.136. The first kappa shape index (κ1) is 16.3. The summed E-state index contributed by atoms with van der Waals surface area (Å²) in [6.07, 6.45) is 0.0330. The molecule has 0 aliphatic rings. The van der Waals surface area contributed by atoms with Crippen molar-refractivity contribution < 1.29 is 9.90 Å². The first-order chi connectivity index (χ1) is 12.7. The Morgan fingerprint density at radius 3 is 2.58 bits per heavy atom. The van der Waals surface area contributed by atoms with Crippen LogP contribution in [0.25, 0.3) is 22.0 Å². The largest absolute Gasteiger partial charge is 0.481 e. The van der Waals surface area contributed by atoms with Crippen LogP contribution in [0.1, 0.15) is 5.56 Å². The summed E-state index contributed by atoms with van der Waals surface area (Å²) < 4.78 is 0. The van der Waals surface area contributed by atoms with Gasteiger partial charge < -0.3 is 10.4 Å². The van der Waals surface area contributed by atoms with Gasteiger partial charge in [-0.05, 0) is 17.0 Å². The van der Waals surface area contributed by atoms with Crippen LogP contribution >= 0.6 is 11.3 Å². The lowest BCUT2D eigenvalue weighted by Gasteiger charge is -2.07. The minimum absolute atomic E-state index is 0.0330. The zero-order valence-corrected chi connectivity index (χ0v) is 14.7. The Hall–Kier alpha value is -3.18. The summed E-state index contributed by atoms with van der Waals surface area (Å²) in [6.45, 7) is 0. The number of rotatable bonds is 5. The molecule has 1 aromatic heterocycles. The summed E-state index contributed by atoms with van der Waals surface area (Å²) in [7, 11) is 0. The molecular formula is C21H16N2O2S. The fourth-order valence-electron chi connectivity index (χ4n) is 2.88. The highest BCUT2D eigenvalue weighted by molar-refractivity contribution is 7.14. The lowest BCUT2D eigenvalue weighted by Crippen LogP contribution is -1.99. The lowest BCUT2D eigenvalue weighted by atomic mass is 10.1. The van der Waals surface area contributed by atoms with E-state index in [4.69, 9.17) is 5.11 Å². The van der Waals surface area contributed by atoms with E-state index < -0.39 is 5.97 Å². The second-order valence-corrected chi connectivity index (χ2v) is 6.82. The molecule has 0 aliphatic carbocycles. The quantitative estimate of drug-likeness (QED) is 0.505.